The van der Waals surface area contributed by atoms with Crippen molar-refractivity contribution < 1.29 is 9.18 Å². The van der Waals surface area contributed by atoms with E-state index in [4.69, 9.17) is 5.73 Å². The molecule has 2 aliphatic heterocycles. The molecular weight excluding hydrogens is 403 g/mol. The zero-order valence-corrected chi connectivity index (χ0v) is 17.2. The Labute approximate surface area is 177 Å². The van der Waals surface area contributed by atoms with Crippen molar-refractivity contribution in [1.29, 1.82) is 0 Å². The number of carbonyl (C=O) groups is 1. The molecule has 2 N–H and O–H groups in total. The van der Waals surface area contributed by atoms with Gasteiger partial charge in [0.1, 0.15) is 9.88 Å². The van der Waals surface area contributed by atoms with Crippen LogP contribution in [0.3, 0.4) is 0 Å². The summed E-state index contributed by atoms with van der Waals surface area (Å²) in [4.78, 5) is 30.9. The minimum atomic E-state index is -0.569. The number of carbonyl (C=O) groups excluding carboxylic acids is 1. The Kier molecular flexibility index (Phi) is 4.82. The normalized spacial score (nSPS) is 16.6. The van der Waals surface area contributed by atoms with Crippen molar-refractivity contribution >= 4 is 34.6 Å². The van der Waals surface area contributed by atoms with E-state index in [0.29, 0.717) is 22.9 Å². The van der Waals surface area contributed by atoms with E-state index >= 15 is 0 Å². The predicted octanol–water partition coefficient (Wildman–Crippen LogP) is 3.51. The first-order valence-electron chi connectivity index (χ1n) is 10.0. The van der Waals surface area contributed by atoms with Crippen molar-refractivity contribution in [3.05, 3.63) is 47.0 Å². The van der Waals surface area contributed by atoms with Gasteiger partial charge in [-0.2, -0.15) is 0 Å². The standard InChI is InChI=1S/C21H21FN6OS/c22-17-14(23)5-4-6-16(17)28-10-7-15-18(20(28)29)30-19(26-15)13-11-24-21(25-12-13)27-8-2-1-3-9-27/h4-6,11-12H,1-3,7-10,23H2. The molecule has 4 heterocycles. The van der Waals surface area contributed by atoms with E-state index in [0.717, 1.165) is 43.1 Å². The summed E-state index contributed by atoms with van der Waals surface area (Å²) in [5, 5.41) is 0.702. The van der Waals surface area contributed by atoms with Crippen LogP contribution in [0.25, 0.3) is 10.6 Å². The van der Waals surface area contributed by atoms with Crippen LogP contribution in [-0.4, -0.2) is 40.5 Å². The maximum Gasteiger partial charge on any atom is 0.270 e. The number of nitrogens with zero attached hydrogens (tertiary/aromatic N) is 5. The van der Waals surface area contributed by atoms with Crippen LogP contribution in [0, 0.1) is 5.82 Å². The van der Waals surface area contributed by atoms with Gasteiger partial charge in [-0.3, -0.25) is 4.79 Å². The van der Waals surface area contributed by atoms with Gasteiger partial charge in [0.15, 0.2) is 5.82 Å². The fraction of sp³-hybridized carbons (Fsp3) is 0.333. The lowest BCUT2D eigenvalue weighted by Gasteiger charge is -2.26. The second-order valence-electron chi connectivity index (χ2n) is 7.50. The summed E-state index contributed by atoms with van der Waals surface area (Å²) in [5.74, 6) is -0.0877. The average Bonchev–Trinajstić information content (AvgIpc) is 3.22. The second-order valence-corrected chi connectivity index (χ2v) is 8.50. The van der Waals surface area contributed by atoms with Crippen molar-refractivity contribution in [2.45, 2.75) is 25.7 Å². The second kappa shape index (κ2) is 7.64. The van der Waals surface area contributed by atoms with Crippen LogP contribution in [0.5, 0.6) is 0 Å². The topological polar surface area (TPSA) is 88.2 Å². The summed E-state index contributed by atoms with van der Waals surface area (Å²) in [6, 6.07) is 4.70. The van der Waals surface area contributed by atoms with Crippen LogP contribution in [-0.2, 0) is 6.42 Å². The molecule has 30 heavy (non-hydrogen) atoms. The highest BCUT2D eigenvalue weighted by molar-refractivity contribution is 7.17. The first kappa shape index (κ1) is 18.9. The van der Waals surface area contributed by atoms with Gasteiger partial charge in [0.25, 0.3) is 5.91 Å². The average molecular weight is 425 g/mol. The quantitative estimate of drug-likeness (QED) is 0.648. The summed E-state index contributed by atoms with van der Waals surface area (Å²) in [5.41, 5.74) is 7.43. The Bertz CT molecular complexity index is 1090. The number of nitrogen functional groups attached to an aromatic ring is 1. The molecule has 1 fully saturated rings. The fourth-order valence-electron chi connectivity index (χ4n) is 3.92. The number of hydrogen-bond donors (Lipinski definition) is 1. The summed E-state index contributed by atoms with van der Waals surface area (Å²) in [6.07, 6.45) is 7.66. The number of amides is 1. The van der Waals surface area contributed by atoms with E-state index in [9.17, 15) is 9.18 Å². The van der Waals surface area contributed by atoms with Crippen molar-refractivity contribution in [1.82, 2.24) is 15.0 Å². The summed E-state index contributed by atoms with van der Waals surface area (Å²) < 4.78 is 14.4. The van der Waals surface area contributed by atoms with Gasteiger partial charge >= 0.3 is 0 Å². The molecule has 1 amide bonds. The third-order valence-corrected chi connectivity index (χ3v) is 6.67. The highest BCUT2D eigenvalue weighted by Gasteiger charge is 2.31. The Morgan fingerprint density at radius 3 is 2.60 bits per heavy atom. The van der Waals surface area contributed by atoms with E-state index in [1.165, 1.54) is 28.7 Å². The van der Waals surface area contributed by atoms with Crippen LogP contribution >= 0.6 is 11.3 Å². The molecule has 9 heteroatoms. The minimum Gasteiger partial charge on any atom is -0.396 e. The van der Waals surface area contributed by atoms with E-state index < -0.39 is 5.82 Å². The number of aromatic nitrogens is 3. The number of anilines is 3. The van der Waals surface area contributed by atoms with Crippen molar-refractivity contribution in [3.8, 4) is 10.6 Å². The third-order valence-electron chi connectivity index (χ3n) is 5.53. The number of halogens is 1. The molecule has 5 rings (SSSR count). The molecule has 7 nitrogen and oxygen atoms in total. The number of thiazole rings is 1. The molecule has 0 unspecified atom stereocenters. The molecule has 2 aromatic heterocycles. The lowest BCUT2D eigenvalue weighted by atomic mass is 10.1. The minimum absolute atomic E-state index is 0.0297. The monoisotopic (exact) mass is 424 g/mol. The van der Waals surface area contributed by atoms with Gasteiger partial charge in [-0.15, -0.1) is 11.3 Å². The molecule has 3 aromatic rings. The summed E-state index contributed by atoms with van der Waals surface area (Å²) in [6.45, 7) is 2.32. The lowest BCUT2D eigenvalue weighted by Crippen LogP contribution is -2.37. The van der Waals surface area contributed by atoms with E-state index in [1.807, 2.05) is 0 Å². The predicted molar refractivity (Wildman–Crippen MR) is 115 cm³/mol. The maximum absolute atomic E-state index is 14.4. The third kappa shape index (κ3) is 3.28. The zero-order valence-electron chi connectivity index (χ0n) is 16.3. The SMILES string of the molecule is Nc1cccc(N2CCc3nc(-c4cnc(N5CCCCC5)nc4)sc3C2=O)c1F. The Morgan fingerprint density at radius 2 is 1.83 bits per heavy atom. The van der Waals surface area contributed by atoms with Crippen LogP contribution in [0.4, 0.5) is 21.7 Å². The Balaban J connectivity index is 1.41. The zero-order chi connectivity index (χ0) is 20.7. The smallest absolute Gasteiger partial charge is 0.270 e. The van der Waals surface area contributed by atoms with Crippen LogP contribution < -0.4 is 15.5 Å². The number of fused-ring (bicyclic) bond motifs is 1. The molecule has 1 saturated heterocycles. The molecule has 0 atom stereocenters. The number of piperidine rings is 1. The van der Waals surface area contributed by atoms with Crippen molar-refractivity contribution in [2.24, 2.45) is 0 Å². The number of benzene rings is 1. The van der Waals surface area contributed by atoms with Gasteiger partial charge in [0.05, 0.1) is 17.1 Å². The van der Waals surface area contributed by atoms with Crippen molar-refractivity contribution in [2.75, 3.05) is 35.2 Å². The first-order chi connectivity index (χ1) is 14.6. The molecule has 0 bridgehead atoms. The van der Waals surface area contributed by atoms with Crippen LogP contribution in [0.15, 0.2) is 30.6 Å². The van der Waals surface area contributed by atoms with Gasteiger partial charge in [0.2, 0.25) is 5.95 Å². The van der Waals surface area contributed by atoms with Gasteiger partial charge in [-0.1, -0.05) is 6.07 Å². The fourth-order valence-corrected chi connectivity index (χ4v) is 4.95. The molecule has 0 aliphatic carbocycles. The first-order valence-corrected chi connectivity index (χ1v) is 10.9. The van der Waals surface area contributed by atoms with Crippen molar-refractivity contribution in [3.63, 3.8) is 0 Å². The maximum atomic E-state index is 14.4. The largest absolute Gasteiger partial charge is 0.396 e. The highest BCUT2D eigenvalue weighted by atomic mass is 32.1. The summed E-state index contributed by atoms with van der Waals surface area (Å²) in [7, 11) is 0. The number of nitrogens with two attached hydrogens (primary N) is 1. The number of rotatable bonds is 3. The molecule has 154 valence electrons. The molecular formula is C21H21FN6OS. The van der Waals surface area contributed by atoms with Crippen LogP contribution in [0.2, 0.25) is 0 Å². The molecule has 0 spiro atoms. The van der Waals surface area contributed by atoms with E-state index in [1.54, 1.807) is 24.5 Å². The molecule has 0 saturated carbocycles. The van der Waals surface area contributed by atoms with Gasteiger partial charge in [-0.05, 0) is 31.4 Å². The molecule has 0 radical (unpaired) electrons. The van der Waals surface area contributed by atoms with Gasteiger partial charge < -0.3 is 15.5 Å². The van der Waals surface area contributed by atoms with Crippen LogP contribution in [0.1, 0.15) is 34.6 Å². The van der Waals surface area contributed by atoms with Gasteiger partial charge in [-0.25, -0.2) is 19.3 Å². The summed E-state index contributed by atoms with van der Waals surface area (Å²) >= 11 is 1.30. The number of hydrogen-bond acceptors (Lipinski definition) is 7. The highest BCUT2D eigenvalue weighted by Crippen LogP contribution is 2.34. The van der Waals surface area contributed by atoms with E-state index in [2.05, 4.69) is 19.9 Å². The Morgan fingerprint density at radius 1 is 1.07 bits per heavy atom. The van der Waals surface area contributed by atoms with Gasteiger partial charge in [0, 0.05) is 44.0 Å². The van der Waals surface area contributed by atoms with E-state index in [-0.39, 0.29) is 17.3 Å². The Hall–Kier alpha value is -3.07. The molecule has 2 aliphatic rings. The molecule has 1 aromatic carbocycles. The lowest BCUT2D eigenvalue weighted by molar-refractivity contribution is 0.0983.